The summed E-state index contributed by atoms with van der Waals surface area (Å²) < 4.78 is 11.0. The fraction of sp³-hybridized carbons (Fsp3) is 0.688. The van der Waals surface area contributed by atoms with Crippen molar-refractivity contribution in [2.75, 3.05) is 20.2 Å². The number of methoxy groups -OCH3 is 1. The molecule has 0 saturated carbocycles. The van der Waals surface area contributed by atoms with Crippen molar-refractivity contribution in [1.29, 1.82) is 0 Å². The molecule has 122 valence electrons. The lowest BCUT2D eigenvalue weighted by atomic mass is 9.91. The van der Waals surface area contributed by atoms with E-state index in [4.69, 9.17) is 9.47 Å². The summed E-state index contributed by atoms with van der Waals surface area (Å²) in [5.74, 6) is 0.952. The number of likely N-dealkylation sites (tertiary alicyclic amines) is 1. The lowest BCUT2D eigenvalue weighted by molar-refractivity contribution is -0.135. The van der Waals surface area contributed by atoms with Gasteiger partial charge in [0.1, 0.15) is 6.10 Å². The Balaban J connectivity index is 1.97. The molecule has 1 aromatic rings. The van der Waals surface area contributed by atoms with Crippen LogP contribution in [0.25, 0.3) is 0 Å². The average molecular weight is 307 g/mol. The second-order valence-electron chi connectivity index (χ2n) is 6.83. The van der Waals surface area contributed by atoms with Crippen molar-refractivity contribution < 1.29 is 14.3 Å². The van der Waals surface area contributed by atoms with Crippen LogP contribution in [0.4, 0.5) is 0 Å². The second-order valence-corrected chi connectivity index (χ2v) is 6.83. The van der Waals surface area contributed by atoms with Gasteiger partial charge in [-0.15, -0.1) is 0 Å². The van der Waals surface area contributed by atoms with Crippen molar-refractivity contribution in [1.82, 2.24) is 14.9 Å². The van der Waals surface area contributed by atoms with Crippen LogP contribution in [0.1, 0.15) is 40.0 Å². The molecule has 1 saturated heterocycles. The Bertz CT molecular complexity index is 514. The Morgan fingerprint density at radius 2 is 2.00 bits per heavy atom. The molecule has 6 nitrogen and oxygen atoms in total. The summed E-state index contributed by atoms with van der Waals surface area (Å²) in [6.07, 6.45) is 5.45. The highest BCUT2D eigenvalue weighted by Gasteiger charge is 2.28. The molecular formula is C16H25N3O3. The van der Waals surface area contributed by atoms with E-state index in [9.17, 15) is 4.79 Å². The average Bonchev–Trinajstić information content (AvgIpc) is 2.46. The van der Waals surface area contributed by atoms with Gasteiger partial charge >= 0.3 is 0 Å². The highest BCUT2D eigenvalue weighted by Crippen LogP contribution is 2.25. The van der Waals surface area contributed by atoms with Crippen LogP contribution in [-0.2, 0) is 4.79 Å². The van der Waals surface area contributed by atoms with E-state index in [0.717, 1.165) is 19.4 Å². The van der Waals surface area contributed by atoms with E-state index in [2.05, 4.69) is 30.7 Å². The fourth-order valence-corrected chi connectivity index (χ4v) is 2.52. The van der Waals surface area contributed by atoms with Crippen LogP contribution in [0, 0.1) is 5.41 Å². The van der Waals surface area contributed by atoms with Gasteiger partial charge in [0, 0.05) is 25.4 Å². The zero-order chi connectivity index (χ0) is 16.2. The molecule has 1 atom stereocenters. The molecule has 0 radical (unpaired) electrons. The maximum atomic E-state index is 12.4. The minimum atomic E-state index is -0.0664. The summed E-state index contributed by atoms with van der Waals surface area (Å²) in [5.41, 5.74) is -0.000982. The number of carbonyl (C=O) groups excluding carboxylic acids is 1. The third-order valence-corrected chi connectivity index (χ3v) is 3.52. The van der Waals surface area contributed by atoms with E-state index >= 15 is 0 Å². The first-order valence-corrected chi connectivity index (χ1v) is 7.68. The first-order chi connectivity index (χ1) is 10.4. The molecule has 6 heteroatoms. The Morgan fingerprint density at radius 3 is 2.64 bits per heavy atom. The second kappa shape index (κ2) is 6.94. The molecule has 0 bridgehead atoms. The number of aromatic nitrogens is 2. The number of rotatable bonds is 4. The molecule has 1 amide bonds. The summed E-state index contributed by atoms with van der Waals surface area (Å²) in [4.78, 5) is 22.5. The number of carbonyl (C=O) groups is 1. The first-order valence-electron chi connectivity index (χ1n) is 7.68. The van der Waals surface area contributed by atoms with Gasteiger partial charge in [0.25, 0.3) is 11.8 Å². The van der Waals surface area contributed by atoms with Crippen LogP contribution in [0.5, 0.6) is 11.8 Å². The lowest BCUT2D eigenvalue weighted by Gasteiger charge is -2.34. The molecule has 1 aliphatic heterocycles. The van der Waals surface area contributed by atoms with E-state index in [1.54, 1.807) is 12.4 Å². The van der Waals surface area contributed by atoms with Gasteiger partial charge in [-0.1, -0.05) is 20.8 Å². The first kappa shape index (κ1) is 16.5. The minimum absolute atomic E-state index is 0.000982. The van der Waals surface area contributed by atoms with Gasteiger partial charge in [-0.3, -0.25) is 4.79 Å². The number of hydrogen-bond acceptors (Lipinski definition) is 5. The molecule has 0 aliphatic carbocycles. The van der Waals surface area contributed by atoms with E-state index in [0.29, 0.717) is 24.7 Å². The van der Waals surface area contributed by atoms with Crippen LogP contribution < -0.4 is 9.47 Å². The third kappa shape index (κ3) is 4.58. The molecule has 2 rings (SSSR count). The quantitative estimate of drug-likeness (QED) is 0.854. The van der Waals surface area contributed by atoms with Crippen LogP contribution >= 0.6 is 0 Å². The largest absolute Gasteiger partial charge is 0.477 e. The summed E-state index contributed by atoms with van der Waals surface area (Å²) >= 11 is 0. The van der Waals surface area contributed by atoms with Gasteiger partial charge in [-0.2, -0.15) is 0 Å². The van der Waals surface area contributed by atoms with Gasteiger partial charge in [0.2, 0.25) is 5.91 Å². The standard InChI is InChI=1S/C16H25N3O3/c1-16(2,3)10-13(20)19-9-5-6-12(11-19)22-15-14(21-4)17-7-8-18-15/h7-8,12H,5-6,9-11H2,1-4H3. The van der Waals surface area contributed by atoms with Crippen molar-refractivity contribution in [3.63, 3.8) is 0 Å². The summed E-state index contributed by atoms with van der Waals surface area (Å²) in [5, 5.41) is 0. The van der Waals surface area contributed by atoms with Crippen LogP contribution in [0.15, 0.2) is 12.4 Å². The molecule has 0 aromatic carbocycles. The number of ether oxygens (including phenoxy) is 2. The predicted molar refractivity (Wildman–Crippen MR) is 82.9 cm³/mol. The van der Waals surface area contributed by atoms with Gasteiger partial charge in [-0.05, 0) is 18.3 Å². The molecular weight excluding hydrogens is 282 g/mol. The van der Waals surface area contributed by atoms with Crippen molar-refractivity contribution in [3.8, 4) is 11.8 Å². The van der Waals surface area contributed by atoms with Crippen molar-refractivity contribution in [2.24, 2.45) is 5.41 Å². The SMILES string of the molecule is COc1nccnc1OC1CCCN(C(=O)CC(C)(C)C)C1. The van der Waals surface area contributed by atoms with Gasteiger partial charge in [0.05, 0.1) is 13.7 Å². The van der Waals surface area contributed by atoms with Crippen molar-refractivity contribution in [3.05, 3.63) is 12.4 Å². The zero-order valence-electron chi connectivity index (χ0n) is 13.8. The van der Waals surface area contributed by atoms with Gasteiger partial charge < -0.3 is 14.4 Å². The molecule has 2 heterocycles. The summed E-state index contributed by atoms with van der Waals surface area (Å²) in [6.45, 7) is 7.62. The molecule has 1 fully saturated rings. The highest BCUT2D eigenvalue weighted by molar-refractivity contribution is 5.77. The Labute approximate surface area is 131 Å². The van der Waals surface area contributed by atoms with Crippen LogP contribution in [0.3, 0.4) is 0 Å². The predicted octanol–water partition coefficient (Wildman–Crippen LogP) is 2.29. The Kier molecular flexibility index (Phi) is 5.21. The fourth-order valence-electron chi connectivity index (χ4n) is 2.52. The third-order valence-electron chi connectivity index (χ3n) is 3.52. The molecule has 1 aliphatic rings. The molecule has 0 spiro atoms. The van der Waals surface area contributed by atoms with Crippen LogP contribution in [0.2, 0.25) is 0 Å². The van der Waals surface area contributed by atoms with Gasteiger partial charge in [-0.25, -0.2) is 9.97 Å². The van der Waals surface area contributed by atoms with E-state index in [1.807, 2.05) is 4.90 Å². The molecule has 22 heavy (non-hydrogen) atoms. The normalized spacial score (nSPS) is 18.9. The molecule has 1 unspecified atom stereocenters. The smallest absolute Gasteiger partial charge is 0.278 e. The van der Waals surface area contributed by atoms with E-state index in [-0.39, 0.29) is 17.4 Å². The van der Waals surface area contributed by atoms with Crippen LogP contribution in [-0.4, -0.2) is 47.1 Å². The topological polar surface area (TPSA) is 64.6 Å². The van der Waals surface area contributed by atoms with E-state index in [1.165, 1.54) is 7.11 Å². The van der Waals surface area contributed by atoms with Crippen molar-refractivity contribution in [2.45, 2.75) is 46.1 Å². The Morgan fingerprint density at radius 1 is 1.32 bits per heavy atom. The number of piperidine rings is 1. The number of nitrogens with zero attached hydrogens (tertiary/aromatic N) is 3. The summed E-state index contributed by atoms with van der Waals surface area (Å²) in [7, 11) is 1.54. The maximum absolute atomic E-state index is 12.4. The number of amides is 1. The summed E-state index contributed by atoms with van der Waals surface area (Å²) in [6, 6.07) is 0. The van der Waals surface area contributed by atoms with E-state index < -0.39 is 0 Å². The Hall–Kier alpha value is -1.85. The maximum Gasteiger partial charge on any atom is 0.278 e. The number of hydrogen-bond donors (Lipinski definition) is 0. The lowest BCUT2D eigenvalue weighted by Crippen LogP contribution is -2.45. The van der Waals surface area contributed by atoms with Gasteiger partial charge in [0.15, 0.2) is 0 Å². The monoisotopic (exact) mass is 307 g/mol. The zero-order valence-corrected chi connectivity index (χ0v) is 13.8. The molecule has 0 N–H and O–H groups in total. The highest BCUT2D eigenvalue weighted by atomic mass is 16.5. The van der Waals surface area contributed by atoms with Crippen molar-refractivity contribution >= 4 is 5.91 Å². The molecule has 1 aromatic heterocycles. The minimum Gasteiger partial charge on any atom is -0.477 e.